The molecule has 0 heterocycles. The molecule has 138 valence electrons. The first kappa shape index (κ1) is 19.8. The fourth-order valence-electron chi connectivity index (χ4n) is 3.31. The van der Waals surface area contributed by atoms with Crippen molar-refractivity contribution in [3.05, 3.63) is 23.8 Å². The highest BCUT2D eigenvalue weighted by Gasteiger charge is 2.18. The lowest BCUT2D eigenvalue weighted by Gasteiger charge is -2.21. The molecule has 0 bridgehead atoms. The van der Waals surface area contributed by atoms with Crippen LogP contribution in [0.4, 0.5) is 5.69 Å². The third-order valence-corrected chi connectivity index (χ3v) is 4.90. The van der Waals surface area contributed by atoms with Crippen molar-refractivity contribution in [3.63, 3.8) is 0 Å². The third kappa shape index (κ3) is 6.03. The van der Waals surface area contributed by atoms with Gasteiger partial charge in [0, 0.05) is 12.0 Å². The maximum absolute atomic E-state index is 12.3. The topological polar surface area (TPSA) is 55.4 Å². The Morgan fingerprint density at radius 1 is 1.28 bits per heavy atom. The molecule has 1 aromatic rings. The number of hydrogen-bond acceptors (Lipinski definition) is 3. The molecule has 1 saturated carbocycles. The lowest BCUT2D eigenvalue weighted by atomic mass is 9.86. The number of carbonyl (C=O) groups excluding carboxylic acids is 2. The van der Waals surface area contributed by atoms with E-state index >= 15 is 0 Å². The summed E-state index contributed by atoms with van der Waals surface area (Å²) in [5.74, 6) is 1.03. The van der Waals surface area contributed by atoms with Gasteiger partial charge in [-0.25, -0.2) is 0 Å². The number of carbonyl (C=O) groups is 2. The number of anilines is 1. The van der Waals surface area contributed by atoms with Gasteiger partial charge in [-0.2, -0.15) is 0 Å². The minimum atomic E-state index is -0.592. The zero-order chi connectivity index (χ0) is 18.2. The number of hydrogen-bond donors (Lipinski definition) is 1. The van der Waals surface area contributed by atoms with E-state index in [2.05, 4.69) is 5.32 Å². The Balaban J connectivity index is 1.99. The van der Waals surface area contributed by atoms with E-state index in [1.807, 2.05) is 6.92 Å². The molecule has 1 amide bonds. The van der Waals surface area contributed by atoms with E-state index in [9.17, 15) is 9.59 Å². The smallest absolute Gasteiger partial charge is 0.224 e. The first-order chi connectivity index (χ1) is 12.0. The standard InChI is InChI=1S/C20H28ClNO3/c1-3-25-18-13-16(20(24)14(2)21)10-11-17(18)22-19(23)12-9-15-7-5-4-6-8-15/h10-11,13-15H,3-9,12H2,1-2H3,(H,22,23). The summed E-state index contributed by atoms with van der Waals surface area (Å²) in [5, 5.41) is 2.33. The number of Topliss-reactive ketones (excluding diaryl/α,β-unsaturated/α-hetero) is 1. The largest absolute Gasteiger partial charge is 0.492 e. The van der Waals surface area contributed by atoms with Crippen molar-refractivity contribution in [2.75, 3.05) is 11.9 Å². The number of alkyl halides is 1. The van der Waals surface area contributed by atoms with Crippen LogP contribution in [0.3, 0.4) is 0 Å². The molecular formula is C20H28ClNO3. The summed E-state index contributed by atoms with van der Waals surface area (Å²) in [6, 6.07) is 5.05. The summed E-state index contributed by atoms with van der Waals surface area (Å²) < 4.78 is 5.59. The first-order valence-corrected chi connectivity index (χ1v) is 9.70. The molecule has 1 atom stereocenters. The average Bonchev–Trinajstić information content (AvgIpc) is 2.62. The van der Waals surface area contributed by atoms with Crippen LogP contribution in [0.15, 0.2) is 18.2 Å². The Hall–Kier alpha value is -1.55. The van der Waals surface area contributed by atoms with Crippen molar-refractivity contribution in [3.8, 4) is 5.75 Å². The molecule has 0 aromatic heterocycles. The van der Waals surface area contributed by atoms with E-state index < -0.39 is 5.38 Å². The maximum atomic E-state index is 12.3. The molecule has 0 radical (unpaired) electrons. The van der Waals surface area contributed by atoms with Crippen LogP contribution in [0, 0.1) is 5.92 Å². The van der Waals surface area contributed by atoms with Gasteiger partial charge >= 0.3 is 0 Å². The van der Waals surface area contributed by atoms with Crippen LogP contribution in [0.25, 0.3) is 0 Å². The van der Waals surface area contributed by atoms with Gasteiger partial charge < -0.3 is 10.1 Å². The van der Waals surface area contributed by atoms with Crippen molar-refractivity contribution in [1.29, 1.82) is 0 Å². The van der Waals surface area contributed by atoms with Crippen LogP contribution in [0.5, 0.6) is 5.75 Å². The van der Waals surface area contributed by atoms with Gasteiger partial charge in [0.1, 0.15) is 5.75 Å². The Bertz CT molecular complexity index is 595. The zero-order valence-corrected chi connectivity index (χ0v) is 15.9. The summed E-state index contributed by atoms with van der Waals surface area (Å²) in [6.45, 7) is 3.97. The monoisotopic (exact) mass is 365 g/mol. The number of rotatable bonds is 8. The molecule has 1 unspecified atom stereocenters. The van der Waals surface area contributed by atoms with Gasteiger partial charge in [0.2, 0.25) is 5.91 Å². The van der Waals surface area contributed by atoms with Gasteiger partial charge in [-0.05, 0) is 44.4 Å². The number of halogens is 1. The molecule has 1 N–H and O–H groups in total. The van der Waals surface area contributed by atoms with Crippen molar-refractivity contribution in [2.24, 2.45) is 5.92 Å². The lowest BCUT2D eigenvalue weighted by molar-refractivity contribution is -0.116. The van der Waals surface area contributed by atoms with Crippen LogP contribution in [0.1, 0.15) is 69.2 Å². The molecule has 4 nitrogen and oxygen atoms in total. The van der Waals surface area contributed by atoms with Crippen molar-refractivity contribution < 1.29 is 14.3 Å². The number of nitrogens with one attached hydrogen (secondary N) is 1. The van der Waals surface area contributed by atoms with Crippen LogP contribution >= 0.6 is 11.6 Å². The Kier molecular flexibility index (Phi) is 7.76. The quantitative estimate of drug-likeness (QED) is 0.509. The third-order valence-electron chi connectivity index (χ3n) is 4.71. The van der Waals surface area contributed by atoms with Gasteiger partial charge in [0.15, 0.2) is 5.78 Å². The summed E-state index contributed by atoms with van der Waals surface area (Å²) in [4.78, 5) is 24.3. The predicted octanol–water partition coefficient (Wildman–Crippen LogP) is 5.19. The molecule has 1 aliphatic carbocycles. The van der Waals surface area contributed by atoms with Gasteiger partial charge in [-0.1, -0.05) is 32.1 Å². The van der Waals surface area contributed by atoms with E-state index in [0.717, 1.165) is 6.42 Å². The van der Waals surface area contributed by atoms with E-state index in [1.165, 1.54) is 32.1 Å². The summed E-state index contributed by atoms with van der Waals surface area (Å²) in [6.07, 6.45) is 7.85. The SMILES string of the molecule is CCOc1cc(C(=O)C(C)Cl)ccc1NC(=O)CCC1CCCCC1. The Morgan fingerprint density at radius 3 is 2.64 bits per heavy atom. The molecule has 1 aromatic carbocycles. The maximum Gasteiger partial charge on any atom is 0.224 e. The molecule has 1 fully saturated rings. The second-order valence-corrected chi connectivity index (χ2v) is 7.37. The van der Waals surface area contributed by atoms with Crippen LogP contribution in [0.2, 0.25) is 0 Å². The van der Waals surface area contributed by atoms with E-state index in [0.29, 0.717) is 35.9 Å². The second kappa shape index (κ2) is 9.81. The first-order valence-electron chi connectivity index (χ1n) is 9.26. The fraction of sp³-hybridized carbons (Fsp3) is 0.600. The van der Waals surface area contributed by atoms with E-state index in [-0.39, 0.29) is 11.7 Å². The Morgan fingerprint density at radius 2 is 2.00 bits per heavy atom. The average molecular weight is 366 g/mol. The summed E-state index contributed by atoms with van der Waals surface area (Å²) in [7, 11) is 0. The molecule has 5 heteroatoms. The zero-order valence-electron chi connectivity index (χ0n) is 15.1. The minimum Gasteiger partial charge on any atom is -0.492 e. The fourth-order valence-corrected chi connectivity index (χ4v) is 3.43. The number of ketones is 1. The van der Waals surface area contributed by atoms with E-state index in [4.69, 9.17) is 16.3 Å². The molecular weight excluding hydrogens is 338 g/mol. The number of benzene rings is 1. The van der Waals surface area contributed by atoms with Crippen molar-refractivity contribution in [1.82, 2.24) is 0 Å². The molecule has 2 rings (SSSR count). The molecule has 0 spiro atoms. The van der Waals surface area contributed by atoms with Crippen LogP contribution < -0.4 is 10.1 Å². The molecule has 0 aliphatic heterocycles. The summed E-state index contributed by atoms with van der Waals surface area (Å²) >= 11 is 5.87. The highest BCUT2D eigenvalue weighted by molar-refractivity contribution is 6.33. The van der Waals surface area contributed by atoms with Crippen LogP contribution in [-0.2, 0) is 4.79 Å². The molecule has 0 saturated heterocycles. The van der Waals surface area contributed by atoms with Crippen LogP contribution in [-0.4, -0.2) is 23.7 Å². The number of amides is 1. The van der Waals surface area contributed by atoms with Gasteiger partial charge in [0.25, 0.3) is 0 Å². The second-order valence-electron chi connectivity index (χ2n) is 6.72. The molecule has 25 heavy (non-hydrogen) atoms. The van der Waals surface area contributed by atoms with Crippen molar-refractivity contribution >= 4 is 29.0 Å². The predicted molar refractivity (Wildman–Crippen MR) is 102 cm³/mol. The van der Waals surface area contributed by atoms with Gasteiger partial charge in [-0.15, -0.1) is 11.6 Å². The van der Waals surface area contributed by atoms with Crippen molar-refractivity contribution in [2.45, 2.75) is 64.2 Å². The normalized spacial score (nSPS) is 16.3. The Labute approximate surface area is 155 Å². The lowest BCUT2D eigenvalue weighted by Crippen LogP contribution is -2.16. The van der Waals surface area contributed by atoms with Gasteiger partial charge in [0.05, 0.1) is 17.7 Å². The molecule has 1 aliphatic rings. The minimum absolute atomic E-state index is 0.00341. The highest BCUT2D eigenvalue weighted by Crippen LogP contribution is 2.29. The van der Waals surface area contributed by atoms with E-state index in [1.54, 1.807) is 25.1 Å². The highest BCUT2D eigenvalue weighted by atomic mass is 35.5. The van der Waals surface area contributed by atoms with Gasteiger partial charge in [-0.3, -0.25) is 9.59 Å². The number of ether oxygens (including phenoxy) is 1. The summed E-state index contributed by atoms with van der Waals surface area (Å²) in [5.41, 5.74) is 1.10.